The third-order valence-electron chi connectivity index (χ3n) is 6.02. The highest BCUT2D eigenvalue weighted by molar-refractivity contribution is 6.31. The van der Waals surface area contributed by atoms with Crippen LogP contribution in [-0.2, 0) is 49.3 Å². The highest BCUT2D eigenvalue weighted by Gasteiger charge is 2.52. The summed E-state index contributed by atoms with van der Waals surface area (Å²) in [7, 11) is 0. The van der Waals surface area contributed by atoms with E-state index in [-0.39, 0.29) is 6.61 Å². The van der Waals surface area contributed by atoms with Crippen LogP contribution >= 0.6 is 11.6 Å². The molecule has 0 spiro atoms. The zero-order chi connectivity index (χ0) is 29.4. The standard InChI is InChI=1S/C29H33ClO10/c1-6-35-23-10-7-20(8-11-23)13-22-14-21(9-12-24(22)30)26-28(38-18(4)33)29(39-19(5)34)27(37-17(3)32)25(40-26)15-36-16(2)31/h7-12,14,25-29H,6,13,15H2,1-5H3/t25-,26+,27?,28+,29+/m1/s1. The van der Waals surface area contributed by atoms with E-state index in [0.29, 0.717) is 23.6 Å². The van der Waals surface area contributed by atoms with Crippen molar-refractivity contribution in [2.24, 2.45) is 0 Å². The van der Waals surface area contributed by atoms with Crippen LogP contribution in [0.4, 0.5) is 0 Å². The minimum atomic E-state index is -1.25. The molecule has 216 valence electrons. The number of hydrogen-bond donors (Lipinski definition) is 0. The van der Waals surface area contributed by atoms with E-state index in [1.54, 1.807) is 18.2 Å². The molecule has 1 fully saturated rings. The largest absolute Gasteiger partial charge is 0.494 e. The fraction of sp³-hybridized carbons (Fsp3) is 0.448. The molecule has 1 aliphatic heterocycles. The second-order valence-electron chi connectivity index (χ2n) is 9.22. The van der Waals surface area contributed by atoms with Crippen molar-refractivity contribution in [2.75, 3.05) is 13.2 Å². The fourth-order valence-electron chi connectivity index (χ4n) is 4.49. The minimum Gasteiger partial charge on any atom is -0.494 e. The Hall–Kier alpha value is -3.63. The van der Waals surface area contributed by atoms with Gasteiger partial charge in [-0.15, -0.1) is 0 Å². The Morgan fingerprint density at radius 3 is 1.98 bits per heavy atom. The van der Waals surface area contributed by atoms with Crippen molar-refractivity contribution < 1.29 is 47.6 Å². The van der Waals surface area contributed by atoms with Crippen molar-refractivity contribution in [1.29, 1.82) is 0 Å². The topological polar surface area (TPSA) is 124 Å². The lowest BCUT2D eigenvalue weighted by atomic mass is 9.89. The lowest BCUT2D eigenvalue weighted by Crippen LogP contribution is -2.59. The van der Waals surface area contributed by atoms with E-state index >= 15 is 0 Å². The molecule has 1 saturated heterocycles. The maximum atomic E-state index is 12.2. The first-order valence-electron chi connectivity index (χ1n) is 12.8. The van der Waals surface area contributed by atoms with Crippen LogP contribution in [0.25, 0.3) is 0 Å². The van der Waals surface area contributed by atoms with Crippen LogP contribution in [-0.4, -0.2) is 61.5 Å². The van der Waals surface area contributed by atoms with Gasteiger partial charge in [0.25, 0.3) is 0 Å². The Bertz CT molecular complexity index is 1210. The average molecular weight is 577 g/mol. The van der Waals surface area contributed by atoms with Crippen LogP contribution in [0.15, 0.2) is 42.5 Å². The first kappa shape index (κ1) is 30.9. The normalized spacial score (nSPS) is 22.1. The van der Waals surface area contributed by atoms with Gasteiger partial charge in [0.1, 0.15) is 24.6 Å². The SMILES string of the molecule is CCOc1ccc(Cc2cc([C@@H]3O[C@H](COC(C)=O)C(OC(C)=O)[C@H](OC(C)=O)[C@H]3OC(C)=O)ccc2Cl)cc1. The molecular weight excluding hydrogens is 544 g/mol. The molecule has 5 atom stereocenters. The number of ether oxygens (including phenoxy) is 6. The van der Waals surface area contributed by atoms with Gasteiger partial charge in [0.15, 0.2) is 18.3 Å². The summed E-state index contributed by atoms with van der Waals surface area (Å²) in [5.41, 5.74) is 2.29. The zero-order valence-electron chi connectivity index (χ0n) is 23.0. The summed E-state index contributed by atoms with van der Waals surface area (Å²) in [5.74, 6) is -1.89. The third kappa shape index (κ3) is 8.43. The van der Waals surface area contributed by atoms with Crippen LogP contribution < -0.4 is 4.74 Å². The number of carbonyl (C=O) groups is 4. The second kappa shape index (κ2) is 14.1. The van der Waals surface area contributed by atoms with Crippen molar-refractivity contribution in [3.05, 3.63) is 64.2 Å². The van der Waals surface area contributed by atoms with E-state index in [9.17, 15) is 19.2 Å². The van der Waals surface area contributed by atoms with Gasteiger partial charge >= 0.3 is 23.9 Å². The molecule has 1 unspecified atom stereocenters. The van der Waals surface area contributed by atoms with Crippen LogP contribution in [0.2, 0.25) is 5.02 Å². The Kier molecular flexibility index (Phi) is 10.9. The second-order valence-corrected chi connectivity index (χ2v) is 9.63. The Labute approximate surface area is 237 Å². The summed E-state index contributed by atoms with van der Waals surface area (Å²) in [5, 5.41) is 0.503. The molecule has 3 rings (SSSR count). The molecule has 1 heterocycles. The fourth-order valence-corrected chi connectivity index (χ4v) is 4.68. The molecule has 1 aliphatic rings. The molecule has 0 N–H and O–H groups in total. The number of carbonyl (C=O) groups excluding carboxylic acids is 4. The van der Waals surface area contributed by atoms with E-state index in [1.165, 1.54) is 27.7 Å². The predicted octanol–water partition coefficient (Wildman–Crippen LogP) is 4.13. The van der Waals surface area contributed by atoms with Crippen molar-refractivity contribution in [3.63, 3.8) is 0 Å². The lowest BCUT2D eigenvalue weighted by molar-refractivity contribution is -0.254. The first-order chi connectivity index (χ1) is 19.0. The van der Waals surface area contributed by atoms with E-state index in [4.69, 9.17) is 40.0 Å². The maximum absolute atomic E-state index is 12.2. The third-order valence-corrected chi connectivity index (χ3v) is 6.39. The molecular formula is C29H33ClO10. The first-order valence-corrected chi connectivity index (χ1v) is 13.2. The van der Waals surface area contributed by atoms with Gasteiger partial charge in [-0.2, -0.15) is 0 Å². The molecule has 0 bridgehead atoms. The molecule has 0 amide bonds. The van der Waals surface area contributed by atoms with Crippen LogP contribution in [0, 0.1) is 0 Å². The van der Waals surface area contributed by atoms with Crippen LogP contribution in [0.1, 0.15) is 57.4 Å². The van der Waals surface area contributed by atoms with Crippen LogP contribution in [0.3, 0.4) is 0 Å². The summed E-state index contributed by atoms with van der Waals surface area (Å²) >= 11 is 6.54. The van der Waals surface area contributed by atoms with Gasteiger partial charge in [-0.25, -0.2) is 0 Å². The number of hydrogen-bond acceptors (Lipinski definition) is 10. The Morgan fingerprint density at radius 2 is 1.40 bits per heavy atom. The molecule has 2 aromatic carbocycles. The number of halogens is 1. The molecule has 2 aromatic rings. The number of esters is 4. The number of rotatable bonds is 10. The summed E-state index contributed by atoms with van der Waals surface area (Å²) in [6.07, 6.45) is -5.23. The van der Waals surface area contributed by atoms with Gasteiger partial charge in [0.05, 0.1) is 6.61 Å². The highest BCUT2D eigenvalue weighted by Crippen LogP contribution is 2.39. The molecule has 0 aliphatic carbocycles. The quantitative estimate of drug-likeness (QED) is 0.301. The van der Waals surface area contributed by atoms with E-state index < -0.39 is 54.4 Å². The van der Waals surface area contributed by atoms with Crippen molar-refractivity contribution in [1.82, 2.24) is 0 Å². The summed E-state index contributed by atoms with van der Waals surface area (Å²) in [6.45, 7) is 6.94. The molecule has 0 saturated carbocycles. The van der Waals surface area contributed by atoms with Crippen molar-refractivity contribution in [3.8, 4) is 5.75 Å². The van der Waals surface area contributed by atoms with Gasteiger partial charge in [0, 0.05) is 32.7 Å². The highest BCUT2D eigenvalue weighted by atomic mass is 35.5. The van der Waals surface area contributed by atoms with Gasteiger partial charge < -0.3 is 28.4 Å². The predicted molar refractivity (Wildman–Crippen MR) is 143 cm³/mol. The van der Waals surface area contributed by atoms with Gasteiger partial charge in [-0.3, -0.25) is 19.2 Å². The Morgan fingerprint density at radius 1 is 0.800 bits per heavy atom. The molecule has 0 radical (unpaired) electrons. The van der Waals surface area contributed by atoms with E-state index in [2.05, 4.69) is 0 Å². The summed E-state index contributed by atoms with van der Waals surface area (Å²) in [4.78, 5) is 47.8. The zero-order valence-corrected chi connectivity index (χ0v) is 23.8. The molecule has 40 heavy (non-hydrogen) atoms. The molecule has 0 aromatic heterocycles. The van der Waals surface area contributed by atoms with Crippen LogP contribution in [0.5, 0.6) is 5.75 Å². The average Bonchev–Trinajstić information content (AvgIpc) is 2.87. The smallest absolute Gasteiger partial charge is 0.303 e. The Balaban J connectivity index is 2.03. The van der Waals surface area contributed by atoms with E-state index in [1.807, 2.05) is 31.2 Å². The monoisotopic (exact) mass is 576 g/mol. The number of benzene rings is 2. The van der Waals surface area contributed by atoms with Gasteiger partial charge in [-0.05, 0) is 48.2 Å². The molecule has 11 heteroatoms. The van der Waals surface area contributed by atoms with Crippen molar-refractivity contribution >= 4 is 35.5 Å². The van der Waals surface area contributed by atoms with Gasteiger partial charge in [-0.1, -0.05) is 35.9 Å². The van der Waals surface area contributed by atoms with Crippen molar-refractivity contribution in [2.45, 2.75) is 71.6 Å². The maximum Gasteiger partial charge on any atom is 0.303 e. The van der Waals surface area contributed by atoms with E-state index in [0.717, 1.165) is 16.9 Å². The summed E-state index contributed by atoms with van der Waals surface area (Å²) < 4.78 is 33.5. The molecule has 10 nitrogen and oxygen atoms in total. The van der Waals surface area contributed by atoms with Gasteiger partial charge in [0.2, 0.25) is 0 Å². The minimum absolute atomic E-state index is 0.305. The summed E-state index contributed by atoms with van der Waals surface area (Å²) in [6, 6.07) is 12.8. The lowest BCUT2D eigenvalue weighted by Gasteiger charge is -2.44.